The van der Waals surface area contributed by atoms with Crippen molar-refractivity contribution in [3.8, 4) is 21.7 Å². The van der Waals surface area contributed by atoms with Gasteiger partial charge in [-0.1, -0.05) is 65.4 Å². The first kappa shape index (κ1) is 19.8. The van der Waals surface area contributed by atoms with Gasteiger partial charge in [0.25, 0.3) is 11.6 Å². The lowest BCUT2D eigenvalue weighted by molar-refractivity contribution is -0.384. The molecule has 6 nitrogen and oxygen atoms in total. The number of anilines is 1. The molecule has 0 aliphatic heterocycles. The molecule has 4 aromatic rings. The Morgan fingerprint density at radius 1 is 0.933 bits per heavy atom. The van der Waals surface area contributed by atoms with Gasteiger partial charge < -0.3 is 0 Å². The predicted octanol–water partition coefficient (Wildman–Crippen LogP) is 6.29. The van der Waals surface area contributed by atoms with E-state index in [-0.39, 0.29) is 11.6 Å². The first-order chi connectivity index (χ1) is 14.5. The second-order valence-electron chi connectivity index (χ2n) is 6.30. The van der Waals surface area contributed by atoms with Crippen molar-refractivity contribution in [1.82, 2.24) is 4.98 Å². The number of nitrogens with zero attached hydrogens (tertiary/aromatic N) is 2. The number of thiazole rings is 1. The van der Waals surface area contributed by atoms with E-state index in [4.69, 9.17) is 11.6 Å². The van der Waals surface area contributed by atoms with Crippen molar-refractivity contribution in [3.63, 3.8) is 0 Å². The zero-order chi connectivity index (χ0) is 21.1. The Kier molecular flexibility index (Phi) is 5.56. The van der Waals surface area contributed by atoms with Crippen LogP contribution in [-0.4, -0.2) is 15.8 Å². The van der Waals surface area contributed by atoms with Gasteiger partial charge in [0, 0.05) is 17.7 Å². The Hall–Kier alpha value is -3.55. The standard InChI is InChI=1S/C22H14ClN3O3S/c23-18-9-5-4-8-17(18)21(27)25-22-24-19(14-6-2-1-3-7-14)20(30-22)15-10-12-16(13-11-15)26(28)29/h1-13H,(H,24,25,27). The van der Waals surface area contributed by atoms with E-state index in [1.165, 1.54) is 23.5 Å². The molecule has 148 valence electrons. The molecule has 0 saturated carbocycles. The number of hydrogen-bond donors (Lipinski definition) is 1. The number of hydrogen-bond acceptors (Lipinski definition) is 5. The quantitative estimate of drug-likeness (QED) is 0.295. The van der Waals surface area contributed by atoms with Crippen molar-refractivity contribution in [2.45, 2.75) is 0 Å². The Morgan fingerprint density at radius 2 is 1.60 bits per heavy atom. The normalized spacial score (nSPS) is 10.6. The maximum absolute atomic E-state index is 12.6. The van der Waals surface area contributed by atoms with Gasteiger partial charge in [-0.2, -0.15) is 0 Å². The Bertz CT molecular complexity index is 1220. The van der Waals surface area contributed by atoms with Gasteiger partial charge in [0.15, 0.2) is 5.13 Å². The van der Waals surface area contributed by atoms with Crippen LogP contribution < -0.4 is 5.32 Å². The van der Waals surface area contributed by atoms with Crippen LogP contribution >= 0.6 is 22.9 Å². The molecule has 1 amide bonds. The minimum absolute atomic E-state index is 0.0109. The van der Waals surface area contributed by atoms with Crippen molar-refractivity contribution >= 4 is 39.7 Å². The third kappa shape index (κ3) is 4.07. The molecule has 4 rings (SSSR count). The summed E-state index contributed by atoms with van der Waals surface area (Å²) in [7, 11) is 0. The lowest BCUT2D eigenvalue weighted by Gasteiger charge is -2.03. The zero-order valence-corrected chi connectivity index (χ0v) is 17.0. The van der Waals surface area contributed by atoms with Crippen molar-refractivity contribution in [2.24, 2.45) is 0 Å². The van der Waals surface area contributed by atoms with Crippen LogP contribution in [-0.2, 0) is 0 Å². The van der Waals surface area contributed by atoms with E-state index in [1.807, 2.05) is 30.3 Å². The molecule has 0 saturated heterocycles. The maximum atomic E-state index is 12.6. The van der Waals surface area contributed by atoms with E-state index >= 15 is 0 Å². The highest BCUT2D eigenvalue weighted by Crippen LogP contribution is 2.39. The summed E-state index contributed by atoms with van der Waals surface area (Å²) >= 11 is 7.42. The second-order valence-corrected chi connectivity index (χ2v) is 7.71. The average Bonchev–Trinajstić information content (AvgIpc) is 3.18. The smallest absolute Gasteiger partial charge is 0.269 e. The fraction of sp³-hybridized carbons (Fsp3) is 0. The number of rotatable bonds is 5. The highest BCUT2D eigenvalue weighted by Gasteiger charge is 2.18. The van der Waals surface area contributed by atoms with Crippen LogP contribution in [0, 0.1) is 10.1 Å². The van der Waals surface area contributed by atoms with Gasteiger partial charge in [-0.15, -0.1) is 0 Å². The number of carbonyl (C=O) groups excluding carboxylic acids is 1. The van der Waals surface area contributed by atoms with Crippen LogP contribution in [0.4, 0.5) is 10.8 Å². The number of carbonyl (C=O) groups is 1. The summed E-state index contributed by atoms with van der Waals surface area (Å²) in [4.78, 5) is 28.6. The summed E-state index contributed by atoms with van der Waals surface area (Å²) in [6.45, 7) is 0. The summed E-state index contributed by atoms with van der Waals surface area (Å²) in [5.74, 6) is -0.357. The molecule has 0 aliphatic carbocycles. The molecule has 0 unspecified atom stereocenters. The highest BCUT2D eigenvalue weighted by atomic mass is 35.5. The molecule has 0 bridgehead atoms. The summed E-state index contributed by atoms with van der Waals surface area (Å²) < 4.78 is 0. The lowest BCUT2D eigenvalue weighted by atomic mass is 10.1. The minimum Gasteiger partial charge on any atom is -0.298 e. The molecule has 0 spiro atoms. The first-order valence-electron chi connectivity index (χ1n) is 8.90. The molecule has 1 N–H and O–H groups in total. The van der Waals surface area contributed by atoms with Crippen LogP contribution in [0.5, 0.6) is 0 Å². The Morgan fingerprint density at radius 3 is 2.27 bits per heavy atom. The molecule has 0 aliphatic rings. The van der Waals surface area contributed by atoms with Gasteiger partial charge in [-0.05, 0) is 29.8 Å². The molecule has 30 heavy (non-hydrogen) atoms. The first-order valence-corrected chi connectivity index (χ1v) is 10.1. The summed E-state index contributed by atoms with van der Waals surface area (Å²) in [5, 5.41) is 14.5. The number of benzene rings is 3. The molecule has 8 heteroatoms. The van der Waals surface area contributed by atoms with Crippen LogP contribution in [0.2, 0.25) is 5.02 Å². The Balaban J connectivity index is 1.74. The molecule has 1 heterocycles. The second kappa shape index (κ2) is 8.44. The van der Waals surface area contributed by atoms with E-state index in [2.05, 4.69) is 10.3 Å². The third-order valence-corrected chi connectivity index (χ3v) is 5.70. The van der Waals surface area contributed by atoms with Gasteiger partial charge in [0.2, 0.25) is 0 Å². The average molecular weight is 436 g/mol. The van der Waals surface area contributed by atoms with Gasteiger partial charge in [-0.25, -0.2) is 4.98 Å². The number of non-ortho nitro benzene ring substituents is 1. The number of amides is 1. The molecule has 0 fully saturated rings. The van der Waals surface area contributed by atoms with E-state index in [0.717, 1.165) is 16.0 Å². The van der Waals surface area contributed by atoms with E-state index in [9.17, 15) is 14.9 Å². The number of nitro benzene ring substituents is 1. The van der Waals surface area contributed by atoms with Crippen LogP contribution in [0.15, 0.2) is 78.9 Å². The Labute approximate surface area is 180 Å². The number of aromatic nitrogens is 1. The van der Waals surface area contributed by atoms with Gasteiger partial charge in [0.1, 0.15) is 0 Å². The lowest BCUT2D eigenvalue weighted by Crippen LogP contribution is -2.12. The minimum atomic E-state index is -0.441. The van der Waals surface area contributed by atoms with E-state index in [0.29, 0.717) is 21.4 Å². The highest BCUT2D eigenvalue weighted by molar-refractivity contribution is 7.19. The van der Waals surface area contributed by atoms with Crippen molar-refractivity contribution < 1.29 is 9.72 Å². The largest absolute Gasteiger partial charge is 0.298 e. The van der Waals surface area contributed by atoms with E-state index in [1.54, 1.807) is 36.4 Å². The summed E-state index contributed by atoms with van der Waals surface area (Å²) in [6, 6.07) is 22.6. The van der Waals surface area contributed by atoms with Crippen LogP contribution in [0.1, 0.15) is 10.4 Å². The molecule has 3 aromatic carbocycles. The van der Waals surface area contributed by atoms with Gasteiger partial charge in [0.05, 0.1) is 26.1 Å². The monoisotopic (exact) mass is 435 g/mol. The number of halogens is 1. The number of nitrogens with one attached hydrogen (secondary N) is 1. The molecular weight excluding hydrogens is 422 g/mol. The van der Waals surface area contributed by atoms with Crippen LogP contribution in [0.3, 0.4) is 0 Å². The molecule has 1 aromatic heterocycles. The van der Waals surface area contributed by atoms with Crippen molar-refractivity contribution in [3.05, 3.63) is 99.6 Å². The fourth-order valence-corrected chi connectivity index (χ4v) is 4.11. The predicted molar refractivity (Wildman–Crippen MR) is 119 cm³/mol. The van der Waals surface area contributed by atoms with E-state index < -0.39 is 4.92 Å². The van der Waals surface area contributed by atoms with Gasteiger partial charge >= 0.3 is 0 Å². The molecule has 0 atom stereocenters. The summed E-state index contributed by atoms with van der Waals surface area (Å²) in [6.07, 6.45) is 0. The molecule has 0 radical (unpaired) electrons. The number of nitro groups is 1. The molecular formula is C22H14ClN3O3S. The fourth-order valence-electron chi connectivity index (χ4n) is 2.91. The van der Waals surface area contributed by atoms with Crippen molar-refractivity contribution in [1.29, 1.82) is 0 Å². The van der Waals surface area contributed by atoms with Crippen LogP contribution in [0.25, 0.3) is 21.7 Å². The zero-order valence-electron chi connectivity index (χ0n) is 15.4. The topological polar surface area (TPSA) is 85.1 Å². The van der Waals surface area contributed by atoms with Crippen molar-refractivity contribution in [2.75, 3.05) is 5.32 Å². The third-order valence-electron chi connectivity index (χ3n) is 4.35. The van der Waals surface area contributed by atoms with Gasteiger partial charge in [-0.3, -0.25) is 20.2 Å². The summed E-state index contributed by atoms with van der Waals surface area (Å²) in [5.41, 5.74) is 2.70. The SMILES string of the molecule is O=C(Nc1nc(-c2ccccc2)c(-c2ccc([N+](=O)[O-])cc2)s1)c1ccccc1Cl. The maximum Gasteiger partial charge on any atom is 0.269 e.